The highest BCUT2D eigenvalue weighted by Crippen LogP contribution is 2.32. The summed E-state index contributed by atoms with van der Waals surface area (Å²) in [6, 6.07) is 2.02. The molecule has 2 rings (SSSR count). The Balaban J connectivity index is 2.82. The molecule has 0 aliphatic rings. The summed E-state index contributed by atoms with van der Waals surface area (Å²) in [5.41, 5.74) is 3.34. The van der Waals surface area contributed by atoms with E-state index in [2.05, 4.69) is 42.2 Å². The Bertz CT molecular complexity index is 597. The van der Waals surface area contributed by atoms with Gasteiger partial charge in [0.2, 0.25) is 0 Å². The largest absolute Gasteiger partial charge is 0.329 e. The summed E-state index contributed by atoms with van der Waals surface area (Å²) in [5.74, 6) is 0. The summed E-state index contributed by atoms with van der Waals surface area (Å²) in [6.45, 7) is 8.77. The van der Waals surface area contributed by atoms with E-state index in [0.717, 1.165) is 35.2 Å². The van der Waals surface area contributed by atoms with Gasteiger partial charge < -0.3 is 4.98 Å². The molecule has 2 aromatic heterocycles. The molecule has 0 radical (unpaired) electrons. The molecule has 1 N–H and O–H groups in total. The van der Waals surface area contributed by atoms with Gasteiger partial charge in [0.1, 0.15) is 0 Å². The fraction of sp³-hybridized carbons (Fsp3) is 0.571. The van der Waals surface area contributed by atoms with Gasteiger partial charge in [-0.2, -0.15) is 0 Å². The molecule has 0 saturated heterocycles. The molecule has 3 nitrogen and oxygen atoms in total. The van der Waals surface area contributed by atoms with Crippen molar-refractivity contribution in [2.24, 2.45) is 0 Å². The predicted molar refractivity (Wildman–Crippen MR) is 78.5 cm³/mol. The zero-order valence-electron chi connectivity index (χ0n) is 11.6. The number of hydrogen-bond donors (Lipinski definition) is 1. The molecule has 0 spiro atoms. The molecule has 4 heteroatoms. The number of imidazole rings is 1. The van der Waals surface area contributed by atoms with Crippen molar-refractivity contribution in [2.45, 2.75) is 52.5 Å². The second kappa shape index (κ2) is 4.84. The first-order chi connectivity index (χ1) is 8.59. The van der Waals surface area contributed by atoms with E-state index < -0.39 is 0 Å². The average molecular weight is 263 g/mol. The number of aromatic amines is 1. The highest BCUT2D eigenvalue weighted by molar-refractivity contribution is 7.71. The Morgan fingerprint density at radius 3 is 2.44 bits per heavy atom. The van der Waals surface area contributed by atoms with E-state index >= 15 is 0 Å². The number of H-pyrrole nitrogens is 1. The second-order valence-electron chi connectivity index (χ2n) is 4.88. The van der Waals surface area contributed by atoms with Crippen LogP contribution in [0.4, 0.5) is 0 Å². The van der Waals surface area contributed by atoms with Crippen molar-refractivity contribution in [1.82, 2.24) is 14.5 Å². The summed E-state index contributed by atoms with van der Waals surface area (Å²) in [4.78, 5) is 7.86. The Morgan fingerprint density at radius 1 is 1.28 bits per heavy atom. The Labute approximate surface area is 113 Å². The van der Waals surface area contributed by atoms with Crippen molar-refractivity contribution in [3.8, 4) is 0 Å². The van der Waals surface area contributed by atoms with Crippen LogP contribution in [0.3, 0.4) is 0 Å². The van der Waals surface area contributed by atoms with E-state index in [0.29, 0.717) is 0 Å². The summed E-state index contributed by atoms with van der Waals surface area (Å²) < 4.78 is 3.02. The Hall–Kier alpha value is -1.16. The molecule has 0 saturated carbocycles. The minimum absolute atomic E-state index is 0.0795. The van der Waals surface area contributed by atoms with Crippen LogP contribution in [0.5, 0.6) is 0 Å². The zero-order chi connectivity index (χ0) is 13.3. The van der Waals surface area contributed by atoms with Crippen molar-refractivity contribution in [3.63, 3.8) is 0 Å². The molecule has 2 aromatic rings. The van der Waals surface area contributed by atoms with Gasteiger partial charge in [0.25, 0.3) is 0 Å². The topological polar surface area (TPSA) is 33.6 Å². The average Bonchev–Trinajstić information content (AvgIpc) is 2.72. The van der Waals surface area contributed by atoms with Crippen molar-refractivity contribution in [1.29, 1.82) is 0 Å². The molecule has 0 amide bonds. The number of hydrogen-bond acceptors (Lipinski definition) is 2. The smallest absolute Gasteiger partial charge is 0.179 e. The van der Waals surface area contributed by atoms with Gasteiger partial charge in [0.05, 0.1) is 5.52 Å². The van der Waals surface area contributed by atoms with Crippen LogP contribution < -0.4 is 0 Å². The third-order valence-electron chi connectivity index (χ3n) is 4.23. The minimum atomic E-state index is 0.0795. The van der Waals surface area contributed by atoms with Crippen molar-refractivity contribution < 1.29 is 0 Å². The molecular weight excluding hydrogens is 242 g/mol. The van der Waals surface area contributed by atoms with Gasteiger partial charge in [-0.3, -0.25) is 4.57 Å². The lowest BCUT2D eigenvalue weighted by Gasteiger charge is -2.32. The van der Waals surface area contributed by atoms with Gasteiger partial charge in [-0.1, -0.05) is 20.8 Å². The lowest BCUT2D eigenvalue weighted by atomic mass is 9.89. The Kier molecular flexibility index (Phi) is 3.57. The van der Waals surface area contributed by atoms with Gasteiger partial charge in [0.15, 0.2) is 10.4 Å². The van der Waals surface area contributed by atoms with Crippen LogP contribution in [-0.2, 0) is 5.54 Å². The molecule has 2 heterocycles. The van der Waals surface area contributed by atoms with Crippen LogP contribution in [0.1, 0.15) is 45.6 Å². The molecular formula is C14H21N3S. The van der Waals surface area contributed by atoms with Gasteiger partial charge >= 0.3 is 0 Å². The molecule has 98 valence electrons. The van der Waals surface area contributed by atoms with E-state index in [1.54, 1.807) is 0 Å². The van der Waals surface area contributed by atoms with Crippen molar-refractivity contribution in [3.05, 3.63) is 22.6 Å². The zero-order valence-corrected chi connectivity index (χ0v) is 12.4. The second-order valence-corrected chi connectivity index (χ2v) is 5.26. The predicted octanol–water partition coefficient (Wildman–Crippen LogP) is 4.33. The maximum absolute atomic E-state index is 5.53. The number of rotatable bonds is 4. The van der Waals surface area contributed by atoms with Gasteiger partial charge in [-0.25, -0.2) is 4.98 Å². The Morgan fingerprint density at radius 2 is 1.89 bits per heavy atom. The van der Waals surface area contributed by atoms with Crippen molar-refractivity contribution >= 4 is 23.4 Å². The van der Waals surface area contributed by atoms with E-state index in [9.17, 15) is 0 Å². The monoisotopic (exact) mass is 263 g/mol. The van der Waals surface area contributed by atoms with E-state index in [1.165, 1.54) is 5.56 Å². The number of fused-ring (bicyclic) bond motifs is 1. The molecule has 0 aromatic carbocycles. The molecule has 18 heavy (non-hydrogen) atoms. The highest BCUT2D eigenvalue weighted by atomic mass is 32.1. The quantitative estimate of drug-likeness (QED) is 0.833. The SMILES string of the molecule is CCC(CC)(CC)n1c(=S)[nH]c2c(C)ccnc21. The summed E-state index contributed by atoms with van der Waals surface area (Å²) in [5, 5.41) is 0. The normalized spacial score (nSPS) is 12.2. The number of nitrogens with one attached hydrogen (secondary N) is 1. The van der Waals surface area contributed by atoms with Crippen LogP contribution in [0.25, 0.3) is 11.2 Å². The summed E-state index contributed by atoms with van der Waals surface area (Å²) in [6.07, 6.45) is 5.06. The van der Waals surface area contributed by atoms with Crippen LogP contribution in [-0.4, -0.2) is 14.5 Å². The number of pyridine rings is 1. The molecule has 0 aliphatic carbocycles. The summed E-state index contributed by atoms with van der Waals surface area (Å²) in [7, 11) is 0. The molecule has 0 bridgehead atoms. The minimum Gasteiger partial charge on any atom is -0.329 e. The lowest BCUT2D eigenvalue weighted by molar-refractivity contribution is 0.254. The maximum atomic E-state index is 5.53. The standard InChI is InChI=1S/C14H21N3S/c1-5-14(6-2,7-3)17-12-11(16-13(17)18)10(4)8-9-15-12/h8-9H,5-7H2,1-4H3,(H,16,18). The molecule has 0 atom stereocenters. The summed E-state index contributed by atoms with van der Waals surface area (Å²) >= 11 is 5.53. The van der Waals surface area contributed by atoms with E-state index in [4.69, 9.17) is 12.2 Å². The molecule has 0 fully saturated rings. The maximum Gasteiger partial charge on any atom is 0.179 e. The fourth-order valence-corrected chi connectivity index (χ4v) is 3.17. The van der Waals surface area contributed by atoms with Gasteiger partial charge in [-0.15, -0.1) is 0 Å². The highest BCUT2D eigenvalue weighted by Gasteiger charge is 2.29. The first-order valence-corrected chi connectivity index (χ1v) is 7.07. The molecule has 0 aliphatic heterocycles. The van der Waals surface area contributed by atoms with Crippen LogP contribution in [0.15, 0.2) is 12.3 Å². The lowest BCUT2D eigenvalue weighted by Crippen LogP contribution is -2.31. The van der Waals surface area contributed by atoms with E-state index in [-0.39, 0.29) is 5.54 Å². The van der Waals surface area contributed by atoms with Crippen LogP contribution in [0.2, 0.25) is 0 Å². The third-order valence-corrected chi connectivity index (χ3v) is 4.52. The number of aromatic nitrogens is 3. The van der Waals surface area contributed by atoms with Gasteiger partial charge in [0, 0.05) is 11.7 Å². The van der Waals surface area contributed by atoms with Gasteiger partial charge in [-0.05, 0) is 50.0 Å². The number of nitrogens with zero attached hydrogens (tertiary/aromatic N) is 2. The molecule has 0 unspecified atom stereocenters. The van der Waals surface area contributed by atoms with E-state index in [1.807, 2.05) is 12.3 Å². The van der Waals surface area contributed by atoms with Crippen LogP contribution >= 0.6 is 12.2 Å². The van der Waals surface area contributed by atoms with Crippen molar-refractivity contribution in [2.75, 3.05) is 0 Å². The number of aryl methyl sites for hydroxylation is 1. The first-order valence-electron chi connectivity index (χ1n) is 6.66. The van der Waals surface area contributed by atoms with Crippen LogP contribution in [0, 0.1) is 11.7 Å². The fourth-order valence-electron chi connectivity index (χ4n) is 2.79. The third kappa shape index (κ3) is 1.79. The first kappa shape index (κ1) is 13.3.